The quantitative estimate of drug-likeness (QED) is 0.556. The van der Waals surface area contributed by atoms with Gasteiger partial charge < -0.3 is 10.1 Å². The van der Waals surface area contributed by atoms with Gasteiger partial charge in [-0.25, -0.2) is 17.9 Å². The fourth-order valence-electron chi connectivity index (χ4n) is 2.90. The van der Waals surface area contributed by atoms with E-state index < -0.39 is 21.9 Å². The van der Waals surface area contributed by atoms with Crippen molar-refractivity contribution >= 4 is 39.4 Å². The molecule has 27 heavy (non-hydrogen) atoms. The van der Waals surface area contributed by atoms with Crippen LogP contribution < -0.4 is 5.32 Å². The van der Waals surface area contributed by atoms with Crippen LogP contribution in [-0.4, -0.2) is 53.7 Å². The summed E-state index contributed by atoms with van der Waals surface area (Å²) >= 11 is 6.34. The van der Waals surface area contributed by atoms with Gasteiger partial charge in [0.15, 0.2) is 15.9 Å². The van der Waals surface area contributed by atoms with E-state index in [-0.39, 0.29) is 34.6 Å². The lowest BCUT2D eigenvalue weighted by Gasteiger charge is -2.11. The molecule has 0 aromatic carbocycles. The Morgan fingerprint density at radius 2 is 2.07 bits per heavy atom. The highest BCUT2D eigenvalue weighted by Crippen LogP contribution is 2.30. The molecule has 148 valence electrons. The molecule has 2 atom stereocenters. The van der Waals surface area contributed by atoms with E-state index in [0.29, 0.717) is 17.7 Å². The predicted molar refractivity (Wildman–Crippen MR) is 100 cm³/mol. The number of amides is 1. The topological polar surface area (TPSA) is 107 Å². The number of sulfone groups is 1. The van der Waals surface area contributed by atoms with Gasteiger partial charge in [-0.05, 0) is 39.2 Å². The van der Waals surface area contributed by atoms with Crippen LogP contribution >= 0.6 is 11.6 Å². The highest BCUT2D eigenvalue weighted by molar-refractivity contribution is 7.91. The first-order chi connectivity index (χ1) is 12.7. The number of aryl methyl sites for hydroxylation is 1. The second kappa shape index (κ2) is 7.63. The summed E-state index contributed by atoms with van der Waals surface area (Å²) in [6.07, 6.45) is 4.14. The molecule has 2 heterocycles. The maximum Gasteiger partial charge on any atom is 0.331 e. The fraction of sp³-hybridized carbons (Fsp3) is 0.588. The molecule has 1 saturated heterocycles. The van der Waals surface area contributed by atoms with Gasteiger partial charge in [-0.15, -0.1) is 0 Å². The number of hydrogen-bond donors (Lipinski definition) is 1. The molecule has 2 aliphatic rings. The fourth-order valence-corrected chi connectivity index (χ4v) is 4.96. The average Bonchev–Trinajstić information content (AvgIpc) is 3.26. The number of carbonyl (C=O) groups excluding carboxylic acids is 2. The summed E-state index contributed by atoms with van der Waals surface area (Å²) in [5.41, 5.74) is 1.10. The molecule has 8 nitrogen and oxygen atoms in total. The molecule has 1 aromatic heterocycles. The summed E-state index contributed by atoms with van der Waals surface area (Å²) in [7, 11) is -3.07. The normalized spacial score (nSPS) is 22.7. The number of hydrogen-bond acceptors (Lipinski definition) is 6. The maximum absolute atomic E-state index is 12.0. The molecule has 0 unspecified atom stereocenters. The number of halogens is 1. The molecule has 0 bridgehead atoms. The summed E-state index contributed by atoms with van der Waals surface area (Å²) < 4.78 is 29.9. The Balaban J connectivity index is 1.64. The molecule has 1 N–H and O–H groups in total. The van der Waals surface area contributed by atoms with Gasteiger partial charge in [-0.2, -0.15) is 5.10 Å². The molecule has 1 aromatic rings. The SMILES string of the molecule is Cc1nn([C@H]2CCS(=O)(=O)C2)c(Cl)c1/C=C/C(=O)O[C@H](C)C(=O)NC1CC1. The Bertz CT molecular complexity index is 889. The lowest BCUT2D eigenvalue weighted by Crippen LogP contribution is -2.36. The predicted octanol–water partition coefficient (Wildman–Crippen LogP) is 1.43. The van der Waals surface area contributed by atoms with E-state index in [4.69, 9.17) is 16.3 Å². The van der Waals surface area contributed by atoms with E-state index in [2.05, 4.69) is 10.4 Å². The molecule has 1 amide bonds. The van der Waals surface area contributed by atoms with E-state index in [1.165, 1.54) is 23.8 Å². The highest BCUT2D eigenvalue weighted by Gasteiger charge is 2.32. The second-order valence-corrected chi connectivity index (χ2v) is 9.57. The first-order valence-electron chi connectivity index (χ1n) is 8.80. The Morgan fingerprint density at radius 3 is 2.67 bits per heavy atom. The lowest BCUT2D eigenvalue weighted by atomic mass is 10.2. The van der Waals surface area contributed by atoms with Crippen LogP contribution in [0.15, 0.2) is 6.08 Å². The van der Waals surface area contributed by atoms with Crippen LogP contribution in [0.5, 0.6) is 0 Å². The zero-order valence-electron chi connectivity index (χ0n) is 15.1. The van der Waals surface area contributed by atoms with Crippen LogP contribution in [0.1, 0.15) is 43.5 Å². The molecule has 0 radical (unpaired) electrons. The van der Waals surface area contributed by atoms with E-state index in [9.17, 15) is 18.0 Å². The minimum Gasteiger partial charge on any atom is -0.449 e. The largest absolute Gasteiger partial charge is 0.449 e. The van der Waals surface area contributed by atoms with Crippen molar-refractivity contribution in [3.05, 3.63) is 22.5 Å². The smallest absolute Gasteiger partial charge is 0.331 e. The van der Waals surface area contributed by atoms with Crippen molar-refractivity contribution in [2.75, 3.05) is 11.5 Å². The number of nitrogens with one attached hydrogen (secondary N) is 1. The molecule has 10 heteroatoms. The number of nitrogens with zero attached hydrogens (tertiary/aromatic N) is 2. The third-order valence-corrected chi connectivity index (χ3v) is 6.72. The van der Waals surface area contributed by atoms with Crippen LogP contribution in [0.2, 0.25) is 5.15 Å². The van der Waals surface area contributed by atoms with Gasteiger partial charge >= 0.3 is 5.97 Å². The molecule has 0 spiro atoms. The van der Waals surface area contributed by atoms with Gasteiger partial charge in [0.2, 0.25) is 0 Å². The Hall–Kier alpha value is -1.87. The van der Waals surface area contributed by atoms with Crippen LogP contribution in [0.3, 0.4) is 0 Å². The van der Waals surface area contributed by atoms with Crippen molar-refractivity contribution in [2.45, 2.75) is 51.3 Å². The van der Waals surface area contributed by atoms with Crippen molar-refractivity contribution in [1.82, 2.24) is 15.1 Å². The van der Waals surface area contributed by atoms with E-state index >= 15 is 0 Å². The second-order valence-electron chi connectivity index (χ2n) is 6.99. The summed E-state index contributed by atoms with van der Waals surface area (Å²) in [4.78, 5) is 23.8. The zero-order chi connectivity index (χ0) is 19.8. The minimum atomic E-state index is -3.07. The van der Waals surface area contributed by atoms with Gasteiger partial charge in [-0.3, -0.25) is 4.79 Å². The van der Waals surface area contributed by atoms with Crippen molar-refractivity contribution in [2.24, 2.45) is 0 Å². The molecular formula is C17H22ClN3O5S. The van der Waals surface area contributed by atoms with Crippen molar-refractivity contribution in [3.8, 4) is 0 Å². The van der Waals surface area contributed by atoms with Crippen LogP contribution in [0.4, 0.5) is 0 Å². The average molecular weight is 416 g/mol. The van der Waals surface area contributed by atoms with Gasteiger partial charge in [0.25, 0.3) is 5.91 Å². The summed E-state index contributed by atoms with van der Waals surface area (Å²) in [6.45, 7) is 3.24. The van der Waals surface area contributed by atoms with Gasteiger partial charge in [-0.1, -0.05) is 11.6 Å². The zero-order valence-corrected chi connectivity index (χ0v) is 16.7. The third kappa shape index (κ3) is 4.90. The van der Waals surface area contributed by atoms with E-state index in [0.717, 1.165) is 12.8 Å². The molecule has 2 fully saturated rings. The molecule has 1 aliphatic heterocycles. The highest BCUT2D eigenvalue weighted by atomic mass is 35.5. The van der Waals surface area contributed by atoms with Crippen molar-refractivity contribution in [1.29, 1.82) is 0 Å². The van der Waals surface area contributed by atoms with Crippen LogP contribution in [-0.2, 0) is 24.2 Å². The van der Waals surface area contributed by atoms with Gasteiger partial charge in [0, 0.05) is 17.7 Å². The third-order valence-electron chi connectivity index (χ3n) is 4.60. The van der Waals surface area contributed by atoms with E-state index in [1.807, 2.05) is 0 Å². The first-order valence-corrected chi connectivity index (χ1v) is 11.0. The van der Waals surface area contributed by atoms with Crippen molar-refractivity contribution < 1.29 is 22.7 Å². The van der Waals surface area contributed by atoms with Crippen LogP contribution in [0, 0.1) is 6.92 Å². The summed E-state index contributed by atoms with van der Waals surface area (Å²) in [6, 6.07) is -0.109. The van der Waals surface area contributed by atoms with Gasteiger partial charge in [0.1, 0.15) is 5.15 Å². The first kappa shape index (κ1) is 19.9. The minimum absolute atomic E-state index is 0.00660. The molecule has 1 saturated carbocycles. The summed E-state index contributed by atoms with van der Waals surface area (Å²) in [5.74, 6) is -0.860. The number of esters is 1. The Kier molecular flexibility index (Phi) is 5.62. The maximum atomic E-state index is 12.0. The summed E-state index contributed by atoms with van der Waals surface area (Å²) in [5, 5.41) is 7.36. The molecular weight excluding hydrogens is 394 g/mol. The van der Waals surface area contributed by atoms with Crippen LogP contribution in [0.25, 0.3) is 6.08 Å². The number of carbonyl (C=O) groups is 2. The Labute approximate surface area is 162 Å². The molecule has 1 aliphatic carbocycles. The monoisotopic (exact) mass is 415 g/mol. The Morgan fingerprint density at radius 1 is 1.37 bits per heavy atom. The lowest BCUT2D eigenvalue weighted by molar-refractivity contribution is -0.150. The van der Waals surface area contributed by atoms with E-state index in [1.54, 1.807) is 6.92 Å². The number of ether oxygens (including phenoxy) is 1. The molecule has 3 rings (SSSR count). The van der Waals surface area contributed by atoms with Crippen molar-refractivity contribution in [3.63, 3.8) is 0 Å². The number of aromatic nitrogens is 2. The van der Waals surface area contributed by atoms with Gasteiger partial charge in [0.05, 0.1) is 23.2 Å². The standard InChI is InChI=1S/C17H22ClN3O5S/c1-10-14(16(18)21(20-10)13-7-8-27(24,25)9-13)5-6-15(22)26-11(2)17(23)19-12-3-4-12/h5-6,11-13H,3-4,7-9H2,1-2H3,(H,19,23)/b6-5+/t11-,13+/m1/s1. The number of rotatable bonds is 6.